The molecule has 20 heteroatoms. The summed E-state index contributed by atoms with van der Waals surface area (Å²) < 4.78 is 0. The van der Waals surface area contributed by atoms with Gasteiger partial charge in [-0.2, -0.15) is 0 Å². The highest BCUT2D eigenvalue weighted by molar-refractivity contribution is 5.97. The minimum Gasteiger partial charge on any atom is -0.394 e. The number of benzene rings is 3. The molecule has 0 aromatic heterocycles. The second-order valence-corrected chi connectivity index (χ2v) is 14.2. The first kappa shape index (κ1) is 49.0. The zero-order valence-corrected chi connectivity index (χ0v) is 34.3. The van der Waals surface area contributed by atoms with E-state index >= 15 is 0 Å². The van der Waals surface area contributed by atoms with E-state index in [9.17, 15) is 43.5 Å². The highest BCUT2D eigenvalue weighted by atomic mass is 16.3. The standard InChI is InChI=1S/C42H55N11O9/c1-26(55)47-23-35(56)48-24-36(57)49-32(21-28-14-7-3-8-15-28)39(60)53-34(25-54)41(62)52-33(22-29-16-9-4-10-17-29)40(61)50-30(18-11-19-46-42(44)45)38(59)51-31(37(43)58)20-27-12-5-2-6-13-27/h2-10,12-17,30-34,54H,11,18-25H2,1H3,(H2,43,58)(H,47,55)(H,48,56)(H,49,57)(H,50,61)(H,51,59)(H,52,62)(H,53,60)(H4,44,45,46)/t30-,31-,32-,33-,34-/m0/s1. The van der Waals surface area contributed by atoms with Gasteiger partial charge in [-0.05, 0) is 29.5 Å². The number of carbonyl (C=O) groups excluding carboxylic acids is 8. The van der Waals surface area contributed by atoms with E-state index in [1.165, 1.54) is 6.92 Å². The van der Waals surface area contributed by atoms with Crippen LogP contribution in [0.25, 0.3) is 0 Å². The number of nitrogens with two attached hydrogens (primary N) is 3. The van der Waals surface area contributed by atoms with E-state index in [1.807, 2.05) is 0 Å². The fourth-order valence-corrected chi connectivity index (χ4v) is 5.94. The normalized spacial score (nSPS) is 13.0. The van der Waals surface area contributed by atoms with Crippen LogP contribution in [0.3, 0.4) is 0 Å². The van der Waals surface area contributed by atoms with Crippen LogP contribution >= 0.6 is 0 Å². The Labute approximate surface area is 358 Å². The van der Waals surface area contributed by atoms with Gasteiger partial charge >= 0.3 is 0 Å². The quantitative estimate of drug-likeness (QED) is 0.0231. The van der Waals surface area contributed by atoms with Crippen LogP contribution in [0, 0.1) is 0 Å². The fourth-order valence-electron chi connectivity index (χ4n) is 5.94. The molecule has 8 amide bonds. The third kappa shape index (κ3) is 18.3. The summed E-state index contributed by atoms with van der Waals surface area (Å²) in [6.07, 6.45) is 0.148. The van der Waals surface area contributed by atoms with Crippen molar-refractivity contribution in [3.8, 4) is 0 Å². The Hall–Kier alpha value is -7.35. The van der Waals surface area contributed by atoms with Crippen molar-refractivity contribution in [2.24, 2.45) is 22.2 Å². The van der Waals surface area contributed by atoms with Gasteiger partial charge in [0.05, 0.1) is 19.7 Å². The molecule has 0 heterocycles. The molecule has 5 atom stereocenters. The molecule has 3 rings (SSSR count). The highest BCUT2D eigenvalue weighted by Gasteiger charge is 2.32. The van der Waals surface area contributed by atoms with Crippen molar-refractivity contribution in [1.82, 2.24) is 37.2 Å². The van der Waals surface area contributed by atoms with Crippen molar-refractivity contribution >= 4 is 53.2 Å². The Balaban J connectivity index is 1.82. The van der Waals surface area contributed by atoms with E-state index in [0.29, 0.717) is 11.1 Å². The largest absolute Gasteiger partial charge is 0.394 e. The van der Waals surface area contributed by atoms with Gasteiger partial charge in [-0.25, -0.2) is 0 Å². The number of hydrogen-bond acceptors (Lipinski definition) is 10. The molecule has 0 aliphatic heterocycles. The monoisotopic (exact) mass is 857 g/mol. The summed E-state index contributed by atoms with van der Waals surface area (Å²) in [6, 6.07) is 19.3. The summed E-state index contributed by atoms with van der Waals surface area (Å²) >= 11 is 0. The number of rotatable bonds is 25. The summed E-state index contributed by atoms with van der Waals surface area (Å²) in [6.45, 7) is -0.508. The number of aliphatic imine (C=N–C) groups is 1. The molecule has 0 spiro atoms. The lowest BCUT2D eigenvalue weighted by Gasteiger charge is -2.27. The Kier molecular flexibility index (Phi) is 20.5. The molecule has 0 unspecified atom stereocenters. The maximum Gasteiger partial charge on any atom is 0.245 e. The van der Waals surface area contributed by atoms with E-state index in [2.05, 4.69) is 42.2 Å². The van der Waals surface area contributed by atoms with Crippen molar-refractivity contribution in [3.63, 3.8) is 0 Å². The number of primary amides is 1. The first-order valence-corrected chi connectivity index (χ1v) is 19.7. The second-order valence-electron chi connectivity index (χ2n) is 14.2. The summed E-state index contributed by atoms with van der Waals surface area (Å²) in [5.74, 6) is -6.26. The average Bonchev–Trinajstić information content (AvgIpc) is 3.25. The lowest BCUT2D eigenvalue weighted by Crippen LogP contribution is -2.60. The van der Waals surface area contributed by atoms with Crippen LogP contribution < -0.4 is 54.4 Å². The Morgan fingerprint density at radius 3 is 1.40 bits per heavy atom. The summed E-state index contributed by atoms with van der Waals surface area (Å²) in [5.41, 5.74) is 18.5. The van der Waals surface area contributed by atoms with Gasteiger partial charge in [0.2, 0.25) is 47.3 Å². The molecule has 3 aromatic carbocycles. The summed E-state index contributed by atoms with van der Waals surface area (Å²) in [7, 11) is 0. The molecular weight excluding hydrogens is 803 g/mol. The van der Waals surface area contributed by atoms with E-state index in [1.54, 1.807) is 91.0 Å². The van der Waals surface area contributed by atoms with Gasteiger partial charge < -0.3 is 59.5 Å². The zero-order chi connectivity index (χ0) is 45.4. The molecule has 0 bridgehead atoms. The lowest BCUT2D eigenvalue weighted by atomic mass is 10.0. The van der Waals surface area contributed by atoms with E-state index in [-0.39, 0.29) is 51.2 Å². The van der Waals surface area contributed by atoms with Crippen molar-refractivity contribution in [2.45, 2.75) is 69.2 Å². The third-order valence-electron chi connectivity index (χ3n) is 9.13. The van der Waals surface area contributed by atoms with E-state index in [0.717, 1.165) is 5.56 Å². The van der Waals surface area contributed by atoms with Crippen molar-refractivity contribution in [2.75, 3.05) is 26.2 Å². The predicted molar refractivity (Wildman–Crippen MR) is 228 cm³/mol. The Morgan fingerprint density at radius 1 is 0.532 bits per heavy atom. The van der Waals surface area contributed by atoms with Crippen molar-refractivity contribution in [1.29, 1.82) is 0 Å². The van der Waals surface area contributed by atoms with Crippen LogP contribution in [0.5, 0.6) is 0 Å². The second kappa shape index (κ2) is 26.0. The molecule has 332 valence electrons. The summed E-state index contributed by atoms with van der Waals surface area (Å²) in [4.78, 5) is 108. The molecule has 0 saturated heterocycles. The topological polar surface area (TPSA) is 331 Å². The number of aliphatic hydroxyl groups is 1. The van der Waals surface area contributed by atoms with Crippen molar-refractivity contribution in [3.05, 3.63) is 108 Å². The van der Waals surface area contributed by atoms with Gasteiger partial charge in [0.1, 0.15) is 30.2 Å². The number of nitrogens with zero attached hydrogens (tertiary/aromatic N) is 1. The molecule has 3 aromatic rings. The van der Waals surface area contributed by atoms with Crippen LogP contribution in [0.1, 0.15) is 36.5 Å². The number of nitrogens with one attached hydrogen (secondary N) is 7. The zero-order valence-electron chi connectivity index (χ0n) is 34.3. The third-order valence-corrected chi connectivity index (χ3v) is 9.13. The summed E-state index contributed by atoms with van der Waals surface area (Å²) in [5, 5.41) is 27.8. The minimum absolute atomic E-state index is 0.00000479. The van der Waals surface area contributed by atoms with Gasteiger partial charge in [0, 0.05) is 32.7 Å². The maximum absolute atomic E-state index is 14.1. The van der Waals surface area contributed by atoms with Gasteiger partial charge in [-0.15, -0.1) is 0 Å². The van der Waals surface area contributed by atoms with Gasteiger partial charge in [0.25, 0.3) is 0 Å². The highest BCUT2D eigenvalue weighted by Crippen LogP contribution is 2.09. The van der Waals surface area contributed by atoms with Crippen LogP contribution in [-0.2, 0) is 57.6 Å². The SMILES string of the molecule is CC(=O)NCC(=O)NCC(=O)N[C@@H](Cc1ccccc1)C(=O)N[C@@H](CO)C(=O)N[C@@H](Cc1ccccc1)C(=O)N[C@@H](CCCN=C(N)N)C(=O)N[C@@H](Cc1ccccc1)C(N)=O. The van der Waals surface area contributed by atoms with Crippen LogP contribution in [0.2, 0.25) is 0 Å². The number of amides is 8. The maximum atomic E-state index is 14.1. The molecule has 0 radical (unpaired) electrons. The number of carbonyl (C=O) groups is 8. The Morgan fingerprint density at radius 2 is 0.935 bits per heavy atom. The van der Waals surface area contributed by atoms with Crippen LogP contribution in [0.15, 0.2) is 96.0 Å². The fraction of sp³-hybridized carbons (Fsp3) is 0.357. The van der Waals surface area contributed by atoms with Crippen LogP contribution in [0.4, 0.5) is 0 Å². The molecule has 62 heavy (non-hydrogen) atoms. The van der Waals surface area contributed by atoms with Gasteiger partial charge in [0.15, 0.2) is 5.96 Å². The van der Waals surface area contributed by atoms with Gasteiger partial charge in [-0.1, -0.05) is 91.0 Å². The van der Waals surface area contributed by atoms with E-state index < -0.39 is 90.6 Å². The smallest absolute Gasteiger partial charge is 0.245 e. The predicted octanol–water partition coefficient (Wildman–Crippen LogP) is -3.08. The van der Waals surface area contributed by atoms with Crippen LogP contribution in [-0.4, -0.2) is 115 Å². The number of aliphatic hydroxyl groups excluding tert-OH is 1. The first-order chi connectivity index (χ1) is 29.6. The molecule has 0 fully saturated rings. The molecular formula is C42H55N11O9. The number of guanidine groups is 1. The Bertz CT molecular complexity index is 2000. The lowest BCUT2D eigenvalue weighted by molar-refractivity contribution is -0.135. The average molecular weight is 858 g/mol. The van der Waals surface area contributed by atoms with E-state index in [4.69, 9.17) is 17.2 Å². The molecule has 20 nitrogen and oxygen atoms in total. The van der Waals surface area contributed by atoms with Crippen molar-refractivity contribution < 1.29 is 43.5 Å². The molecule has 0 aliphatic carbocycles. The minimum atomic E-state index is -1.63. The molecule has 14 N–H and O–H groups in total. The molecule has 0 saturated carbocycles. The number of hydrogen-bond donors (Lipinski definition) is 11. The van der Waals surface area contributed by atoms with Gasteiger partial charge in [-0.3, -0.25) is 43.3 Å². The molecule has 0 aliphatic rings. The first-order valence-electron chi connectivity index (χ1n) is 19.7.